The van der Waals surface area contributed by atoms with Crippen molar-refractivity contribution in [2.24, 2.45) is 0 Å². The standard InChI is InChI=1S/C23H43N5O4/c1-19(2)26-15-11-25(12-16-26)9-6-10-28-20(3)22(32-23(28)30)27-17-13-24(14-18-27)8-5-7-21(29)31-4/h19-20,22H,5-18H2,1-4H3. The van der Waals surface area contributed by atoms with Gasteiger partial charge in [-0.2, -0.15) is 0 Å². The molecule has 3 saturated heterocycles. The molecule has 3 heterocycles. The van der Waals surface area contributed by atoms with Gasteiger partial charge in [0.05, 0.1) is 13.2 Å². The first kappa shape index (κ1) is 25.2. The molecule has 184 valence electrons. The number of methoxy groups -OCH3 is 1. The minimum Gasteiger partial charge on any atom is -0.469 e. The predicted octanol–water partition coefficient (Wildman–Crippen LogP) is 1.14. The summed E-state index contributed by atoms with van der Waals surface area (Å²) in [5.41, 5.74) is 0. The van der Waals surface area contributed by atoms with Crippen molar-refractivity contribution in [3.05, 3.63) is 0 Å². The molecule has 2 atom stereocenters. The van der Waals surface area contributed by atoms with Crippen molar-refractivity contribution in [3.63, 3.8) is 0 Å². The summed E-state index contributed by atoms with van der Waals surface area (Å²) in [6, 6.07) is 0.696. The third-order valence-electron chi connectivity index (χ3n) is 7.22. The molecular formula is C23H43N5O4. The minimum absolute atomic E-state index is 0.0752. The monoisotopic (exact) mass is 453 g/mol. The zero-order valence-electron chi connectivity index (χ0n) is 20.5. The highest BCUT2D eigenvalue weighted by Crippen LogP contribution is 2.24. The van der Waals surface area contributed by atoms with Crippen LogP contribution in [0.4, 0.5) is 4.79 Å². The van der Waals surface area contributed by atoms with Crippen molar-refractivity contribution in [2.45, 2.75) is 58.3 Å². The summed E-state index contributed by atoms with van der Waals surface area (Å²) in [5.74, 6) is -0.145. The van der Waals surface area contributed by atoms with E-state index >= 15 is 0 Å². The zero-order chi connectivity index (χ0) is 23.1. The molecule has 0 spiro atoms. The fourth-order valence-electron chi connectivity index (χ4n) is 5.02. The largest absolute Gasteiger partial charge is 0.469 e. The number of hydrogen-bond acceptors (Lipinski definition) is 8. The van der Waals surface area contributed by atoms with Crippen molar-refractivity contribution in [1.82, 2.24) is 24.5 Å². The zero-order valence-corrected chi connectivity index (χ0v) is 20.5. The van der Waals surface area contributed by atoms with Gasteiger partial charge in [0.2, 0.25) is 0 Å². The number of piperazine rings is 2. The molecule has 3 aliphatic rings. The SMILES string of the molecule is COC(=O)CCCN1CCN(C2OC(=O)N(CCCN3CCN(C(C)C)CC3)C2C)CC1. The maximum atomic E-state index is 12.5. The molecule has 0 bridgehead atoms. The Hall–Kier alpha value is -1.42. The van der Waals surface area contributed by atoms with Crippen LogP contribution < -0.4 is 0 Å². The Morgan fingerprint density at radius 2 is 1.56 bits per heavy atom. The topological polar surface area (TPSA) is 68.8 Å². The van der Waals surface area contributed by atoms with Crippen LogP contribution in [0.5, 0.6) is 0 Å². The van der Waals surface area contributed by atoms with Crippen molar-refractivity contribution >= 4 is 12.1 Å². The highest BCUT2D eigenvalue weighted by molar-refractivity contribution is 5.70. The van der Waals surface area contributed by atoms with Crippen LogP contribution in [-0.2, 0) is 14.3 Å². The molecule has 9 heteroatoms. The van der Waals surface area contributed by atoms with Crippen molar-refractivity contribution in [3.8, 4) is 0 Å². The third-order valence-corrected chi connectivity index (χ3v) is 7.22. The van der Waals surface area contributed by atoms with Crippen LogP contribution in [-0.4, -0.2) is 134 Å². The lowest BCUT2D eigenvalue weighted by molar-refractivity contribution is -0.140. The van der Waals surface area contributed by atoms with E-state index in [1.165, 1.54) is 7.11 Å². The quantitative estimate of drug-likeness (QED) is 0.456. The Labute approximate surface area is 193 Å². The van der Waals surface area contributed by atoms with Gasteiger partial charge < -0.3 is 24.2 Å². The van der Waals surface area contributed by atoms with Gasteiger partial charge in [0, 0.05) is 71.4 Å². The molecule has 0 aromatic carbocycles. The lowest BCUT2D eigenvalue weighted by Gasteiger charge is -2.38. The van der Waals surface area contributed by atoms with E-state index in [4.69, 9.17) is 9.47 Å². The second kappa shape index (κ2) is 12.2. The summed E-state index contributed by atoms with van der Waals surface area (Å²) in [6.07, 6.45) is 1.95. The van der Waals surface area contributed by atoms with E-state index in [-0.39, 0.29) is 24.3 Å². The van der Waals surface area contributed by atoms with Crippen LogP contribution in [0.15, 0.2) is 0 Å². The molecule has 0 aromatic rings. The molecule has 9 nitrogen and oxygen atoms in total. The minimum atomic E-state index is -0.173. The van der Waals surface area contributed by atoms with Crippen molar-refractivity contribution in [2.75, 3.05) is 79.1 Å². The number of esters is 1. The number of nitrogens with zero attached hydrogens (tertiary/aromatic N) is 5. The fourth-order valence-corrected chi connectivity index (χ4v) is 5.02. The van der Waals surface area contributed by atoms with E-state index in [1.807, 2.05) is 4.90 Å². The number of ether oxygens (including phenoxy) is 2. The lowest BCUT2D eigenvalue weighted by Crippen LogP contribution is -2.53. The van der Waals surface area contributed by atoms with Gasteiger partial charge in [0.25, 0.3) is 0 Å². The van der Waals surface area contributed by atoms with E-state index in [0.717, 1.165) is 84.8 Å². The Morgan fingerprint density at radius 3 is 2.16 bits per heavy atom. The molecule has 3 rings (SSSR count). The Morgan fingerprint density at radius 1 is 0.969 bits per heavy atom. The van der Waals surface area contributed by atoms with Crippen molar-refractivity contribution < 1.29 is 19.1 Å². The molecule has 0 aromatic heterocycles. The lowest BCUT2D eigenvalue weighted by atomic mass is 10.2. The number of hydrogen-bond donors (Lipinski definition) is 0. The molecule has 3 fully saturated rings. The molecular weight excluding hydrogens is 410 g/mol. The molecule has 0 radical (unpaired) electrons. The van der Waals surface area contributed by atoms with Crippen molar-refractivity contribution in [1.29, 1.82) is 0 Å². The Balaban J connectivity index is 1.35. The third kappa shape index (κ3) is 6.79. The molecule has 1 amide bonds. The van der Waals surface area contributed by atoms with Gasteiger partial charge in [-0.1, -0.05) is 0 Å². The first-order valence-electron chi connectivity index (χ1n) is 12.4. The molecule has 3 aliphatic heterocycles. The maximum Gasteiger partial charge on any atom is 0.411 e. The summed E-state index contributed by atoms with van der Waals surface area (Å²) in [6.45, 7) is 17.5. The first-order valence-corrected chi connectivity index (χ1v) is 12.4. The summed E-state index contributed by atoms with van der Waals surface area (Å²) in [5, 5.41) is 0. The Bertz CT molecular complexity index is 603. The van der Waals surface area contributed by atoms with E-state index in [9.17, 15) is 9.59 Å². The highest BCUT2D eigenvalue weighted by atomic mass is 16.6. The van der Waals surface area contributed by atoms with Crippen LogP contribution >= 0.6 is 0 Å². The van der Waals surface area contributed by atoms with Gasteiger partial charge in [-0.3, -0.25) is 14.6 Å². The van der Waals surface area contributed by atoms with E-state index in [2.05, 4.69) is 40.4 Å². The average molecular weight is 454 g/mol. The molecule has 0 aliphatic carbocycles. The van der Waals surface area contributed by atoms with Gasteiger partial charge in [0.1, 0.15) is 0 Å². The van der Waals surface area contributed by atoms with E-state index in [0.29, 0.717) is 12.5 Å². The highest BCUT2D eigenvalue weighted by Gasteiger charge is 2.42. The van der Waals surface area contributed by atoms with Crippen LogP contribution in [0.25, 0.3) is 0 Å². The van der Waals surface area contributed by atoms with Gasteiger partial charge in [-0.25, -0.2) is 4.79 Å². The summed E-state index contributed by atoms with van der Waals surface area (Å²) in [4.78, 5) is 35.4. The normalized spacial score (nSPS) is 26.7. The summed E-state index contributed by atoms with van der Waals surface area (Å²) in [7, 11) is 1.43. The number of cyclic esters (lactones) is 1. The molecule has 0 saturated carbocycles. The van der Waals surface area contributed by atoms with E-state index in [1.54, 1.807) is 0 Å². The molecule has 2 unspecified atom stereocenters. The summed E-state index contributed by atoms with van der Waals surface area (Å²) < 4.78 is 10.5. The fraction of sp³-hybridized carbons (Fsp3) is 0.913. The number of amides is 1. The van der Waals surface area contributed by atoms with Crippen LogP contribution in [0.1, 0.15) is 40.0 Å². The van der Waals surface area contributed by atoms with E-state index < -0.39 is 0 Å². The number of carbonyl (C=O) groups excluding carboxylic acids is 2. The van der Waals surface area contributed by atoms with Crippen LogP contribution in [0.2, 0.25) is 0 Å². The summed E-state index contributed by atoms with van der Waals surface area (Å²) >= 11 is 0. The molecule has 32 heavy (non-hydrogen) atoms. The second-order valence-corrected chi connectivity index (χ2v) is 9.59. The Kier molecular flexibility index (Phi) is 9.58. The van der Waals surface area contributed by atoms with Gasteiger partial charge in [0.15, 0.2) is 6.23 Å². The second-order valence-electron chi connectivity index (χ2n) is 9.59. The van der Waals surface area contributed by atoms with Gasteiger partial charge >= 0.3 is 12.1 Å². The first-order chi connectivity index (χ1) is 15.4. The number of rotatable bonds is 10. The smallest absolute Gasteiger partial charge is 0.411 e. The molecule has 0 N–H and O–H groups in total. The number of carbonyl (C=O) groups is 2. The van der Waals surface area contributed by atoms with Gasteiger partial charge in [-0.05, 0) is 46.7 Å². The average Bonchev–Trinajstić information content (AvgIpc) is 3.08. The van der Waals surface area contributed by atoms with Gasteiger partial charge in [-0.15, -0.1) is 0 Å². The maximum absolute atomic E-state index is 12.5. The predicted molar refractivity (Wildman–Crippen MR) is 123 cm³/mol. The van der Waals surface area contributed by atoms with Crippen LogP contribution in [0.3, 0.4) is 0 Å². The van der Waals surface area contributed by atoms with Crippen LogP contribution in [0, 0.1) is 0 Å².